The summed E-state index contributed by atoms with van der Waals surface area (Å²) >= 11 is 11.5. The number of rotatable bonds is 5. The zero-order valence-electron chi connectivity index (χ0n) is 10.5. The molecule has 0 aromatic heterocycles. The van der Waals surface area contributed by atoms with E-state index in [0.29, 0.717) is 0 Å². The van der Waals surface area contributed by atoms with Gasteiger partial charge < -0.3 is 26.2 Å². The lowest BCUT2D eigenvalue weighted by Crippen LogP contribution is -2.33. The van der Waals surface area contributed by atoms with Crippen molar-refractivity contribution in [1.82, 2.24) is 5.32 Å². The van der Waals surface area contributed by atoms with Gasteiger partial charge in [0.1, 0.15) is 6.61 Å². The zero-order chi connectivity index (χ0) is 16.0. The number of hydrogen-bond donors (Lipinski definition) is 4. The van der Waals surface area contributed by atoms with Crippen molar-refractivity contribution in [3.8, 4) is 0 Å². The van der Waals surface area contributed by atoms with Gasteiger partial charge in [-0.15, -0.1) is 0 Å². The van der Waals surface area contributed by atoms with E-state index in [1.54, 1.807) is 0 Å². The predicted octanol–water partition coefficient (Wildman–Crippen LogP) is 1.91. The van der Waals surface area contributed by atoms with Gasteiger partial charge in [0.05, 0.1) is 22.8 Å². The van der Waals surface area contributed by atoms with E-state index in [1.807, 2.05) is 0 Å². The molecule has 21 heavy (non-hydrogen) atoms. The molecule has 0 aliphatic rings. The Morgan fingerprint density at radius 2 is 1.95 bits per heavy atom. The van der Waals surface area contributed by atoms with E-state index in [-0.39, 0.29) is 34.4 Å². The minimum atomic E-state index is -1.30. The summed E-state index contributed by atoms with van der Waals surface area (Å²) in [5.74, 6) is -1.30. The van der Waals surface area contributed by atoms with Crippen LogP contribution in [-0.2, 0) is 4.74 Å². The average molecular weight is 336 g/mol. The monoisotopic (exact) mass is 335 g/mol. The molecule has 3 amide bonds. The van der Waals surface area contributed by atoms with Crippen molar-refractivity contribution in [2.75, 3.05) is 18.5 Å². The van der Waals surface area contributed by atoms with Gasteiger partial charge in [0.25, 0.3) is 0 Å². The Hall–Kier alpha value is -2.19. The molecule has 0 aliphatic carbocycles. The SMILES string of the molecule is NC(=O)OCCNC(=O)Nc1c(Cl)cc(Cl)cc1C(=O)O. The molecule has 5 N–H and O–H groups in total. The molecular weight excluding hydrogens is 325 g/mol. The van der Waals surface area contributed by atoms with Crippen LogP contribution < -0.4 is 16.4 Å². The fourth-order valence-corrected chi connectivity index (χ4v) is 1.88. The average Bonchev–Trinajstić information content (AvgIpc) is 2.37. The van der Waals surface area contributed by atoms with Gasteiger partial charge in [0.2, 0.25) is 0 Å². The number of carbonyl (C=O) groups excluding carboxylic acids is 2. The number of carboxylic acids is 1. The van der Waals surface area contributed by atoms with Crippen LogP contribution in [0.3, 0.4) is 0 Å². The third-order valence-corrected chi connectivity index (χ3v) is 2.67. The number of hydrogen-bond acceptors (Lipinski definition) is 4. The number of nitrogens with two attached hydrogens (primary N) is 1. The van der Waals surface area contributed by atoms with Crippen LogP contribution in [-0.4, -0.2) is 36.4 Å². The minimum absolute atomic E-state index is 0.0115. The first-order chi connectivity index (χ1) is 9.81. The van der Waals surface area contributed by atoms with Crippen LogP contribution in [0.4, 0.5) is 15.3 Å². The lowest BCUT2D eigenvalue weighted by Gasteiger charge is -2.12. The summed E-state index contributed by atoms with van der Waals surface area (Å²) in [6.07, 6.45) is -0.967. The van der Waals surface area contributed by atoms with Gasteiger partial charge in [-0.1, -0.05) is 23.2 Å². The Morgan fingerprint density at radius 3 is 2.52 bits per heavy atom. The van der Waals surface area contributed by atoms with Gasteiger partial charge in [-0.2, -0.15) is 0 Å². The Bertz CT molecular complexity index is 579. The summed E-state index contributed by atoms with van der Waals surface area (Å²) in [5.41, 5.74) is 4.39. The zero-order valence-corrected chi connectivity index (χ0v) is 12.0. The molecule has 0 heterocycles. The van der Waals surface area contributed by atoms with Gasteiger partial charge in [0.15, 0.2) is 0 Å². The summed E-state index contributed by atoms with van der Waals surface area (Å²) in [6.45, 7) is -0.134. The second kappa shape index (κ2) is 7.55. The van der Waals surface area contributed by atoms with Crippen molar-refractivity contribution < 1.29 is 24.2 Å². The second-order valence-electron chi connectivity index (χ2n) is 3.66. The van der Waals surface area contributed by atoms with Crippen molar-refractivity contribution in [1.29, 1.82) is 0 Å². The molecule has 0 fully saturated rings. The molecular formula is C11H11Cl2N3O5. The summed E-state index contributed by atoms with van der Waals surface area (Å²) < 4.78 is 4.40. The van der Waals surface area contributed by atoms with Crippen molar-refractivity contribution in [3.63, 3.8) is 0 Å². The number of aromatic carboxylic acids is 1. The Balaban J connectivity index is 2.72. The molecule has 0 aliphatic heterocycles. The number of amides is 3. The number of anilines is 1. The molecule has 114 valence electrons. The van der Waals surface area contributed by atoms with E-state index < -0.39 is 18.1 Å². The highest BCUT2D eigenvalue weighted by Crippen LogP contribution is 2.30. The van der Waals surface area contributed by atoms with Crippen LogP contribution in [0, 0.1) is 0 Å². The summed E-state index contributed by atoms with van der Waals surface area (Å²) in [4.78, 5) is 33.0. The Kier molecular flexibility index (Phi) is 6.07. The van der Waals surface area contributed by atoms with Gasteiger partial charge in [-0.05, 0) is 12.1 Å². The first-order valence-electron chi connectivity index (χ1n) is 5.50. The quantitative estimate of drug-likeness (QED) is 0.610. The largest absolute Gasteiger partial charge is 0.478 e. The molecule has 0 spiro atoms. The molecule has 0 radical (unpaired) electrons. The number of carbonyl (C=O) groups is 3. The number of ether oxygens (including phenoxy) is 1. The molecule has 1 aromatic rings. The predicted molar refractivity (Wildman–Crippen MR) is 76.0 cm³/mol. The summed E-state index contributed by atoms with van der Waals surface area (Å²) in [6, 6.07) is 1.72. The third kappa shape index (κ3) is 5.36. The van der Waals surface area contributed by atoms with E-state index in [4.69, 9.17) is 34.0 Å². The van der Waals surface area contributed by atoms with Crippen LogP contribution in [0.5, 0.6) is 0 Å². The fourth-order valence-electron chi connectivity index (χ4n) is 1.34. The van der Waals surface area contributed by atoms with E-state index >= 15 is 0 Å². The molecule has 0 atom stereocenters. The van der Waals surface area contributed by atoms with Crippen molar-refractivity contribution >= 4 is 47.0 Å². The molecule has 8 nitrogen and oxygen atoms in total. The molecule has 0 saturated heterocycles. The highest BCUT2D eigenvalue weighted by molar-refractivity contribution is 6.37. The standard InChI is InChI=1S/C11H11Cl2N3O5/c12-5-3-6(9(17)18)8(7(13)4-5)16-11(20)15-1-2-21-10(14)19/h3-4H,1-2H2,(H2,14,19)(H,17,18)(H2,15,16,20). The maximum Gasteiger partial charge on any atom is 0.404 e. The normalized spacial score (nSPS) is 9.81. The van der Waals surface area contributed by atoms with Crippen LogP contribution in [0.2, 0.25) is 10.0 Å². The van der Waals surface area contributed by atoms with Gasteiger partial charge >= 0.3 is 18.1 Å². The van der Waals surface area contributed by atoms with Crippen LogP contribution in [0.15, 0.2) is 12.1 Å². The van der Waals surface area contributed by atoms with Crippen molar-refractivity contribution in [3.05, 3.63) is 27.7 Å². The van der Waals surface area contributed by atoms with Gasteiger partial charge in [0, 0.05) is 5.02 Å². The van der Waals surface area contributed by atoms with Gasteiger partial charge in [-0.3, -0.25) is 0 Å². The number of halogens is 2. The fraction of sp³-hybridized carbons (Fsp3) is 0.182. The van der Waals surface area contributed by atoms with E-state index in [0.717, 1.165) is 6.07 Å². The van der Waals surface area contributed by atoms with Crippen LogP contribution >= 0.6 is 23.2 Å². The highest BCUT2D eigenvalue weighted by Gasteiger charge is 2.17. The number of nitrogens with one attached hydrogen (secondary N) is 2. The van der Waals surface area contributed by atoms with E-state index in [9.17, 15) is 14.4 Å². The van der Waals surface area contributed by atoms with Crippen molar-refractivity contribution in [2.24, 2.45) is 5.73 Å². The summed E-state index contributed by atoms with van der Waals surface area (Å²) in [5, 5.41) is 13.8. The number of urea groups is 1. The van der Waals surface area contributed by atoms with Crippen LogP contribution in [0.1, 0.15) is 10.4 Å². The first kappa shape index (κ1) is 16.9. The molecule has 0 unspecified atom stereocenters. The number of benzene rings is 1. The molecule has 10 heteroatoms. The van der Waals surface area contributed by atoms with E-state index in [1.165, 1.54) is 6.07 Å². The second-order valence-corrected chi connectivity index (χ2v) is 4.51. The minimum Gasteiger partial charge on any atom is -0.478 e. The third-order valence-electron chi connectivity index (χ3n) is 2.16. The first-order valence-corrected chi connectivity index (χ1v) is 6.26. The number of primary amides is 1. The molecule has 0 bridgehead atoms. The lowest BCUT2D eigenvalue weighted by atomic mass is 10.2. The Labute approximate surface area is 129 Å². The van der Waals surface area contributed by atoms with Gasteiger partial charge in [-0.25, -0.2) is 14.4 Å². The van der Waals surface area contributed by atoms with Crippen LogP contribution in [0.25, 0.3) is 0 Å². The maximum absolute atomic E-state index is 11.6. The topological polar surface area (TPSA) is 131 Å². The van der Waals surface area contributed by atoms with E-state index in [2.05, 4.69) is 15.4 Å². The Morgan fingerprint density at radius 1 is 1.29 bits per heavy atom. The maximum atomic E-state index is 11.6. The molecule has 1 aromatic carbocycles. The van der Waals surface area contributed by atoms with Crippen molar-refractivity contribution in [2.45, 2.75) is 0 Å². The molecule has 0 saturated carbocycles. The summed E-state index contributed by atoms with van der Waals surface area (Å²) in [7, 11) is 0. The lowest BCUT2D eigenvalue weighted by molar-refractivity contribution is 0.0698. The number of carboxylic acid groups (broad SMARTS) is 1. The molecule has 1 rings (SSSR count). The highest BCUT2D eigenvalue weighted by atomic mass is 35.5. The smallest absolute Gasteiger partial charge is 0.404 e.